The Kier molecular flexibility index (Phi) is 6.48. The average Bonchev–Trinajstić information content (AvgIpc) is 3.81. The van der Waals surface area contributed by atoms with Gasteiger partial charge in [-0.25, -0.2) is 0 Å². The molecule has 2 heteroatoms. The minimum Gasteiger partial charge on any atom is -0.135 e. The second kappa shape index (κ2) is 11.6. The van der Waals surface area contributed by atoms with Gasteiger partial charge in [0, 0.05) is 45.7 Å². The first-order valence-electron chi connectivity index (χ1n) is 18.5. The fraction of sp³-hybridized carbons (Fsp3) is 0. The van der Waals surface area contributed by atoms with E-state index in [1.165, 1.54) is 117 Å². The van der Waals surface area contributed by atoms with E-state index in [4.69, 9.17) is 0 Å². The zero-order valence-corrected chi connectivity index (χ0v) is 30.8. The van der Waals surface area contributed by atoms with Crippen LogP contribution < -0.4 is 0 Å². The molecule has 12 aromatic rings. The Hall–Kier alpha value is -6.32. The predicted octanol–water partition coefficient (Wildman–Crippen LogP) is 16.0. The summed E-state index contributed by atoms with van der Waals surface area (Å²) in [5.41, 5.74) is 7.58. The van der Waals surface area contributed by atoms with Crippen molar-refractivity contribution in [3.8, 4) is 33.4 Å². The first-order valence-corrected chi connectivity index (χ1v) is 20.1. The minimum atomic E-state index is 1.23. The van der Waals surface area contributed by atoms with Crippen LogP contribution in [-0.4, -0.2) is 0 Å². The van der Waals surface area contributed by atoms with Crippen molar-refractivity contribution < 1.29 is 0 Å². The largest absolute Gasteiger partial charge is 0.135 e. The molecule has 0 fully saturated rings. The summed E-state index contributed by atoms with van der Waals surface area (Å²) in [6.07, 6.45) is 0. The molecule has 0 amide bonds. The van der Waals surface area contributed by atoms with Gasteiger partial charge in [0.05, 0.1) is 0 Å². The van der Waals surface area contributed by atoms with E-state index in [9.17, 15) is 0 Å². The average molecular weight is 719 g/mol. The van der Waals surface area contributed by atoms with Gasteiger partial charge in [0.15, 0.2) is 0 Å². The van der Waals surface area contributed by atoms with Gasteiger partial charge in [-0.2, -0.15) is 0 Å². The minimum absolute atomic E-state index is 1.23. The van der Waals surface area contributed by atoms with Gasteiger partial charge in [-0.1, -0.05) is 158 Å². The maximum absolute atomic E-state index is 2.40. The van der Waals surface area contributed by atoms with Gasteiger partial charge in [-0.15, -0.1) is 22.7 Å². The van der Waals surface area contributed by atoms with Crippen LogP contribution in [0.2, 0.25) is 0 Å². The van der Waals surface area contributed by atoms with Gasteiger partial charge in [-0.05, 0) is 95.3 Å². The van der Waals surface area contributed by atoms with Crippen molar-refractivity contribution in [1.29, 1.82) is 0 Å². The third-order valence-electron chi connectivity index (χ3n) is 11.5. The SMILES string of the molecule is c1ccc2c(-c3c4ccccc4c(-c4ccc(-c5ccc6c(c5)sc5ccc7ccc8sc9ccccc9c8c7c56)cc4)c4ccccc34)cccc2c1. The van der Waals surface area contributed by atoms with Crippen molar-refractivity contribution in [1.82, 2.24) is 0 Å². The lowest BCUT2D eigenvalue weighted by Crippen LogP contribution is -1.91. The fourth-order valence-corrected chi connectivity index (χ4v) is 11.3. The second-order valence-corrected chi connectivity index (χ2v) is 16.5. The molecular weight excluding hydrogens is 689 g/mol. The molecule has 0 atom stereocenters. The van der Waals surface area contributed by atoms with E-state index in [1.807, 2.05) is 22.7 Å². The molecule has 54 heavy (non-hydrogen) atoms. The zero-order chi connectivity index (χ0) is 35.3. The van der Waals surface area contributed by atoms with E-state index in [-0.39, 0.29) is 0 Å². The lowest BCUT2D eigenvalue weighted by Gasteiger charge is -2.19. The van der Waals surface area contributed by atoms with E-state index in [0.717, 1.165) is 0 Å². The molecule has 0 aliphatic carbocycles. The van der Waals surface area contributed by atoms with E-state index >= 15 is 0 Å². The van der Waals surface area contributed by atoms with Crippen LogP contribution in [0.25, 0.3) is 117 Å². The zero-order valence-electron chi connectivity index (χ0n) is 29.1. The lowest BCUT2D eigenvalue weighted by atomic mass is 9.84. The molecule has 0 radical (unpaired) electrons. The van der Waals surface area contributed by atoms with E-state index < -0.39 is 0 Å². The molecule has 250 valence electrons. The van der Waals surface area contributed by atoms with Crippen LogP contribution in [0.3, 0.4) is 0 Å². The predicted molar refractivity (Wildman–Crippen MR) is 239 cm³/mol. The van der Waals surface area contributed by atoms with Crippen LogP contribution in [-0.2, 0) is 0 Å². The number of fused-ring (bicyclic) bond motifs is 12. The summed E-state index contributed by atoms with van der Waals surface area (Å²) in [6, 6.07) is 67.7. The molecule has 0 nitrogen and oxygen atoms in total. The Morgan fingerprint density at radius 2 is 0.778 bits per heavy atom. The molecule has 0 N–H and O–H groups in total. The maximum atomic E-state index is 2.40. The molecule has 2 aromatic heterocycles. The topological polar surface area (TPSA) is 0 Å². The Morgan fingerprint density at radius 1 is 0.259 bits per heavy atom. The highest BCUT2D eigenvalue weighted by atomic mass is 32.1. The third kappa shape index (κ3) is 4.36. The number of hydrogen-bond donors (Lipinski definition) is 0. The van der Waals surface area contributed by atoms with Crippen molar-refractivity contribution >= 4 is 106 Å². The summed E-state index contributed by atoms with van der Waals surface area (Å²) in [5, 5.41) is 15.8. The van der Waals surface area contributed by atoms with E-state index in [1.54, 1.807) is 0 Å². The monoisotopic (exact) mass is 718 g/mol. The summed E-state index contributed by atoms with van der Waals surface area (Å²) in [6.45, 7) is 0. The summed E-state index contributed by atoms with van der Waals surface area (Å²) >= 11 is 3.80. The molecule has 12 rings (SSSR count). The van der Waals surface area contributed by atoms with E-state index in [2.05, 4.69) is 182 Å². The highest BCUT2D eigenvalue weighted by Gasteiger charge is 2.19. The summed E-state index contributed by atoms with van der Waals surface area (Å²) in [4.78, 5) is 0. The standard InChI is InChI=1S/C52H30S2/c1-2-12-36-32(10-1)11-9-18-37(36)50-40-15-5-3-13-38(40)48(39-14-4-6-16-41(39)50)33-22-20-31(21-23-33)35-24-27-43-47(30-35)54-46-29-26-34-25-28-45-51(49(34)52(43)46)42-17-7-8-19-44(42)53-45/h1-30H. The first kappa shape index (κ1) is 30.2. The highest BCUT2D eigenvalue weighted by molar-refractivity contribution is 7.27. The molecule has 0 aliphatic rings. The van der Waals surface area contributed by atoms with Gasteiger partial charge >= 0.3 is 0 Å². The number of hydrogen-bond acceptors (Lipinski definition) is 2. The van der Waals surface area contributed by atoms with Crippen molar-refractivity contribution in [2.45, 2.75) is 0 Å². The van der Waals surface area contributed by atoms with Crippen LogP contribution >= 0.6 is 22.7 Å². The van der Waals surface area contributed by atoms with Crippen LogP contribution in [0.1, 0.15) is 0 Å². The van der Waals surface area contributed by atoms with Crippen molar-refractivity contribution in [3.05, 3.63) is 182 Å². The molecule has 10 aromatic carbocycles. The van der Waals surface area contributed by atoms with Crippen molar-refractivity contribution in [2.24, 2.45) is 0 Å². The van der Waals surface area contributed by atoms with E-state index in [0.29, 0.717) is 0 Å². The fourth-order valence-electron chi connectivity index (χ4n) is 9.08. The summed E-state index contributed by atoms with van der Waals surface area (Å²) in [5.74, 6) is 0. The summed E-state index contributed by atoms with van der Waals surface area (Å²) < 4.78 is 5.38. The molecular formula is C52H30S2. The third-order valence-corrected chi connectivity index (χ3v) is 13.7. The molecule has 0 spiro atoms. The molecule has 0 unspecified atom stereocenters. The van der Waals surface area contributed by atoms with Gasteiger partial charge in [0.1, 0.15) is 0 Å². The number of rotatable bonds is 3. The second-order valence-electron chi connectivity index (χ2n) is 14.3. The number of thiophene rings is 2. The molecule has 2 heterocycles. The Bertz CT molecular complexity index is 3430. The summed E-state index contributed by atoms with van der Waals surface area (Å²) in [7, 11) is 0. The van der Waals surface area contributed by atoms with Crippen LogP contribution in [0.5, 0.6) is 0 Å². The first-order chi connectivity index (χ1) is 26.8. The van der Waals surface area contributed by atoms with Gasteiger partial charge in [-0.3, -0.25) is 0 Å². The molecule has 0 aliphatic heterocycles. The maximum Gasteiger partial charge on any atom is 0.0362 e. The Labute approximate surface area is 319 Å². The van der Waals surface area contributed by atoms with Crippen LogP contribution in [0.15, 0.2) is 182 Å². The van der Waals surface area contributed by atoms with Crippen molar-refractivity contribution in [3.63, 3.8) is 0 Å². The van der Waals surface area contributed by atoms with Gasteiger partial charge in [0.25, 0.3) is 0 Å². The number of benzene rings is 10. The van der Waals surface area contributed by atoms with Crippen LogP contribution in [0.4, 0.5) is 0 Å². The van der Waals surface area contributed by atoms with Crippen molar-refractivity contribution in [2.75, 3.05) is 0 Å². The molecule has 0 bridgehead atoms. The van der Waals surface area contributed by atoms with Crippen LogP contribution in [0, 0.1) is 0 Å². The quantitative estimate of drug-likeness (QED) is 0.160. The highest BCUT2D eigenvalue weighted by Crippen LogP contribution is 2.48. The Balaban J connectivity index is 1.01. The smallest absolute Gasteiger partial charge is 0.0362 e. The molecule has 0 saturated carbocycles. The Morgan fingerprint density at radius 3 is 1.48 bits per heavy atom. The lowest BCUT2D eigenvalue weighted by molar-refractivity contribution is 1.64. The van der Waals surface area contributed by atoms with Gasteiger partial charge < -0.3 is 0 Å². The van der Waals surface area contributed by atoms with Gasteiger partial charge in [0.2, 0.25) is 0 Å². The normalized spacial score (nSPS) is 12.1. The molecule has 0 saturated heterocycles.